The number of benzene rings is 1. The molecule has 7 heteroatoms. The summed E-state index contributed by atoms with van der Waals surface area (Å²) >= 11 is 6.03. The third-order valence-electron chi connectivity index (χ3n) is 4.24. The minimum atomic E-state index is -0.251. The zero-order valence-electron chi connectivity index (χ0n) is 14.2. The lowest BCUT2D eigenvalue weighted by Crippen LogP contribution is -2.35. The first-order valence-corrected chi connectivity index (χ1v) is 8.35. The van der Waals surface area contributed by atoms with Gasteiger partial charge in [-0.3, -0.25) is 14.2 Å². The third kappa shape index (κ3) is 2.55. The van der Waals surface area contributed by atoms with Gasteiger partial charge in [0.25, 0.3) is 11.1 Å². The summed E-state index contributed by atoms with van der Waals surface area (Å²) in [6.07, 6.45) is 3.33. The van der Waals surface area contributed by atoms with Crippen molar-refractivity contribution in [3.05, 3.63) is 80.6 Å². The SMILES string of the molecule is CN(C)n1ccc2nc3ccn(-c4cccc(Cl)c4)c(=O)c3cc2c1=O. The Kier molecular flexibility index (Phi) is 3.77. The van der Waals surface area contributed by atoms with Crippen LogP contribution in [0.5, 0.6) is 0 Å². The lowest BCUT2D eigenvalue weighted by atomic mass is 10.2. The molecular formula is C19H15ClN4O2. The maximum Gasteiger partial charge on any atom is 0.278 e. The number of fused-ring (bicyclic) bond motifs is 2. The molecule has 1 aromatic carbocycles. The minimum absolute atomic E-state index is 0.223. The van der Waals surface area contributed by atoms with Gasteiger partial charge in [-0.15, -0.1) is 0 Å². The van der Waals surface area contributed by atoms with E-state index in [4.69, 9.17) is 11.6 Å². The highest BCUT2D eigenvalue weighted by Crippen LogP contribution is 2.17. The van der Waals surface area contributed by atoms with Crippen molar-refractivity contribution in [2.45, 2.75) is 0 Å². The molecule has 4 aromatic rings. The van der Waals surface area contributed by atoms with Crippen molar-refractivity contribution >= 4 is 33.4 Å². The predicted octanol–water partition coefficient (Wildman–Crippen LogP) is 2.55. The van der Waals surface area contributed by atoms with Crippen LogP contribution in [0.15, 0.2) is 64.4 Å². The van der Waals surface area contributed by atoms with Crippen molar-refractivity contribution in [3.8, 4) is 5.69 Å². The first-order chi connectivity index (χ1) is 12.5. The van der Waals surface area contributed by atoms with Crippen LogP contribution in [0.3, 0.4) is 0 Å². The van der Waals surface area contributed by atoms with Crippen molar-refractivity contribution in [1.29, 1.82) is 0 Å². The zero-order valence-corrected chi connectivity index (χ0v) is 14.9. The number of pyridine rings is 3. The Morgan fingerprint density at radius 3 is 2.31 bits per heavy atom. The van der Waals surface area contributed by atoms with E-state index in [1.54, 1.807) is 74.0 Å². The number of nitrogens with zero attached hydrogens (tertiary/aromatic N) is 4. The second kappa shape index (κ2) is 6.00. The van der Waals surface area contributed by atoms with Crippen molar-refractivity contribution in [1.82, 2.24) is 14.2 Å². The average Bonchev–Trinajstić information content (AvgIpc) is 2.61. The van der Waals surface area contributed by atoms with Gasteiger partial charge < -0.3 is 5.01 Å². The molecule has 4 rings (SSSR count). The summed E-state index contributed by atoms with van der Waals surface area (Å²) in [6.45, 7) is 0. The van der Waals surface area contributed by atoms with E-state index in [-0.39, 0.29) is 11.1 Å². The minimum Gasteiger partial charge on any atom is -0.316 e. The molecule has 0 aliphatic rings. The van der Waals surface area contributed by atoms with Crippen LogP contribution in [0.25, 0.3) is 27.5 Å². The highest BCUT2D eigenvalue weighted by Gasteiger charge is 2.11. The molecule has 0 N–H and O–H groups in total. The maximum absolute atomic E-state index is 13.0. The van der Waals surface area contributed by atoms with Crippen molar-refractivity contribution in [3.63, 3.8) is 0 Å². The van der Waals surface area contributed by atoms with E-state index in [1.165, 1.54) is 9.24 Å². The van der Waals surface area contributed by atoms with Gasteiger partial charge in [-0.05, 0) is 36.4 Å². The molecule has 0 aliphatic heterocycles. The zero-order chi connectivity index (χ0) is 18.4. The summed E-state index contributed by atoms with van der Waals surface area (Å²) < 4.78 is 2.96. The monoisotopic (exact) mass is 366 g/mol. The molecule has 0 fully saturated rings. The van der Waals surface area contributed by atoms with E-state index in [9.17, 15) is 9.59 Å². The Balaban J connectivity index is 2.05. The van der Waals surface area contributed by atoms with Crippen LogP contribution in [0, 0.1) is 0 Å². The Morgan fingerprint density at radius 1 is 0.923 bits per heavy atom. The largest absolute Gasteiger partial charge is 0.316 e. The summed E-state index contributed by atoms with van der Waals surface area (Å²) in [6, 6.07) is 12.2. The fourth-order valence-corrected chi connectivity index (χ4v) is 3.14. The van der Waals surface area contributed by atoms with E-state index in [0.29, 0.717) is 32.5 Å². The van der Waals surface area contributed by atoms with Gasteiger partial charge in [0, 0.05) is 31.5 Å². The molecule has 0 unspecified atom stereocenters. The number of rotatable bonds is 2. The van der Waals surface area contributed by atoms with Crippen molar-refractivity contribution in [2.75, 3.05) is 19.1 Å². The Morgan fingerprint density at radius 2 is 1.62 bits per heavy atom. The second-order valence-corrected chi connectivity index (χ2v) is 6.57. The molecular weight excluding hydrogens is 352 g/mol. The number of halogens is 1. The molecule has 0 radical (unpaired) electrons. The van der Waals surface area contributed by atoms with Gasteiger partial charge in [-0.1, -0.05) is 17.7 Å². The van der Waals surface area contributed by atoms with E-state index in [0.717, 1.165) is 0 Å². The van der Waals surface area contributed by atoms with Gasteiger partial charge in [0.05, 0.1) is 27.5 Å². The summed E-state index contributed by atoms with van der Waals surface area (Å²) in [4.78, 5) is 30.1. The first-order valence-electron chi connectivity index (χ1n) is 7.97. The Labute approximate surface area is 153 Å². The van der Waals surface area contributed by atoms with Gasteiger partial charge in [-0.2, -0.15) is 0 Å². The molecule has 0 atom stereocenters. The fraction of sp³-hybridized carbons (Fsp3) is 0.105. The molecule has 130 valence electrons. The van der Waals surface area contributed by atoms with Gasteiger partial charge in [0.1, 0.15) is 0 Å². The molecule has 0 saturated carbocycles. The Hall–Kier alpha value is -3.12. The smallest absolute Gasteiger partial charge is 0.278 e. The van der Waals surface area contributed by atoms with Crippen LogP contribution >= 0.6 is 11.6 Å². The van der Waals surface area contributed by atoms with Crippen molar-refractivity contribution in [2.24, 2.45) is 0 Å². The standard InChI is InChI=1S/C19H15ClN4O2/c1-22(2)24-9-7-17-15(19(24)26)11-14-16(21-17)6-8-23(18(14)25)13-5-3-4-12(20)10-13/h3-11H,1-2H3. The normalized spacial score (nSPS) is 11.2. The van der Waals surface area contributed by atoms with Crippen molar-refractivity contribution < 1.29 is 0 Å². The van der Waals surface area contributed by atoms with Gasteiger partial charge in [-0.25, -0.2) is 9.66 Å². The number of hydrogen-bond acceptors (Lipinski definition) is 4. The highest BCUT2D eigenvalue weighted by atomic mass is 35.5. The third-order valence-corrected chi connectivity index (χ3v) is 4.48. The summed E-state index contributed by atoms with van der Waals surface area (Å²) in [5.41, 5.74) is 1.28. The maximum atomic E-state index is 13.0. The fourth-order valence-electron chi connectivity index (χ4n) is 2.96. The molecule has 3 heterocycles. The topological polar surface area (TPSA) is 60.1 Å². The van der Waals surface area contributed by atoms with Crippen LogP contribution in [0.1, 0.15) is 0 Å². The predicted molar refractivity (Wildman–Crippen MR) is 104 cm³/mol. The average molecular weight is 367 g/mol. The van der Waals surface area contributed by atoms with E-state index in [2.05, 4.69) is 4.98 Å². The summed E-state index contributed by atoms with van der Waals surface area (Å²) in [5, 5.41) is 2.99. The van der Waals surface area contributed by atoms with Crippen LogP contribution in [0.2, 0.25) is 5.02 Å². The van der Waals surface area contributed by atoms with Crippen LogP contribution in [0.4, 0.5) is 0 Å². The lowest BCUT2D eigenvalue weighted by molar-refractivity contribution is 0.706. The summed E-state index contributed by atoms with van der Waals surface area (Å²) in [5.74, 6) is 0. The molecule has 3 aromatic heterocycles. The van der Waals surface area contributed by atoms with Gasteiger partial charge in [0.2, 0.25) is 0 Å². The number of aromatic nitrogens is 3. The van der Waals surface area contributed by atoms with E-state index < -0.39 is 0 Å². The van der Waals surface area contributed by atoms with Gasteiger partial charge >= 0.3 is 0 Å². The quantitative estimate of drug-likeness (QED) is 0.511. The van der Waals surface area contributed by atoms with Gasteiger partial charge in [0.15, 0.2) is 0 Å². The van der Waals surface area contributed by atoms with Crippen LogP contribution in [-0.2, 0) is 0 Å². The highest BCUT2D eigenvalue weighted by molar-refractivity contribution is 6.30. The summed E-state index contributed by atoms with van der Waals surface area (Å²) in [7, 11) is 3.54. The molecule has 6 nitrogen and oxygen atoms in total. The lowest BCUT2D eigenvalue weighted by Gasteiger charge is -2.16. The second-order valence-electron chi connectivity index (χ2n) is 6.14. The molecule has 0 amide bonds. The Bertz CT molecular complexity index is 1270. The molecule has 0 saturated heterocycles. The van der Waals surface area contributed by atoms with Crippen LogP contribution in [-0.4, -0.2) is 28.3 Å². The molecule has 26 heavy (non-hydrogen) atoms. The molecule has 0 aliphatic carbocycles. The van der Waals surface area contributed by atoms with Crippen LogP contribution < -0.4 is 16.1 Å². The van der Waals surface area contributed by atoms with E-state index >= 15 is 0 Å². The first kappa shape index (κ1) is 16.4. The molecule has 0 spiro atoms. The molecule has 0 bridgehead atoms. The van der Waals surface area contributed by atoms with E-state index in [1.807, 2.05) is 0 Å². The number of hydrogen-bond donors (Lipinski definition) is 0.